The van der Waals surface area contributed by atoms with Gasteiger partial charge in [-0.1, -0.05) is 51.4 Å². The van der Waals surface area contributed by atoms with Gasteiger partial charge in [0.15, 0.2) is 0 Å². The summed E-state index contributed by atoms with van der Waals surface area (Å²) in [5.74, 6) is -37.4. The fraction of sp³-hybridized carbons (Fsp3) is 0.947. The van der Waals surface area contributed by atoms with Gasteiger partial charge in [-0.05, 0) is 12.8 Å². The topological polar surface area (TPSA) is 37.3 Å². The normalized spacial score (nSPS) is 14.5. The van der Waals surface area contributed by atoms with Gasteiger partial charge in [-0.3, -0.25) is 4.79 Å². The minimum Gasteiger partial charge on any atom is -0.481 e. The molecular weight excluding hydrogens is 507 g/mol. The van der Waals surface area contributed by atoms with Crippen molar-refractivity contribution < 1.29 is 67.0 Å². The van der Waals surface area contributed by atoms with Crippen LogP contribution in [0.3, 0.4) is 0 Å². The molecule has 2 nitrogen and oxygen atoms in total. The fourth-order valence-corrected chi connectivity index (χ4v) is 3.00. The van der Waals surface area contributed by atoms with Crippen molar-refractivity contribution >= 4 is 5.97 Å². The van der Waals surface area contributed by atoms with Gasteiger partial charge in [-0.2, -0.15) is 57.1 Å². The molecule has 0 radical (unpaired) electrons. The highest BCUT2D eigenvalue weighted by Crippen LogP contribution is 2.60. The van der Waals surface area contributed by atoms with E-state index in [0.29, 0.717) is 32.1 Å². The second-order valence-corrected chi connectivity index (χ2v) is 7.93. The first-order valence-electron chi connectivity index (χ1n) is 10.3. The molecule has 0 amide bonds. The zero-order valence-electron chi connectivity index (χ0n) is 17.8. The number of aliphatic carboxylic acids is 1. The maximum absolute atomic E-state index is 13.6. The zero-order valence-corrected chi connectivity index (χ0v) is 17.8. The van der Waals surface area contributed by atoms with E-state index >= 15 is 0 Å². The number of carbonyl (C=O) groups is 1. The average Bonchev–Trinajstić information content (AvgIpc) is 2.67. The van der Waals surface area contributed by atoms with Gasteiger partial charge in [0.1, 0.15) is 0 Å². The van der Waals surface area contributed by atoms with Gasteiger partial charge in [0.25, 0.3) is 0 Å². The highest BCUT2D eigenvalue weighted by atomic mass is 19.4. The van der Waals surface area contributed by atoms with E-state index in [9.17, 15) is 61.9 Å². The first-order valence-corrected chi connectivity index (χ1v) is 10.3. The summed E-state index contributed by atoms with van der Waals surface area (Å²) in [6, 6.07) is 0. The third kappa shape index (κ3) is 7.53. The number of carboxylic acid groups (broad SMARTS) is 1. The lowest BCUT2D eigenvalue weighted by atomic mass is 9.91. The molecular formula is C19H25F13O2. The van der Waals surface area contributed by atoms with Crippen molar-refractivity contribution in [1.29, 1.82) is 0 Å². The van der Waals surface area contributed by atoms with Crippen molar-refractivity contribution in [3.8, 4) is 0 Å². The lowest BCUT2D eigenvalue weighted by molar-refractivity contribution is -0.440. The van der Waals surface area contributed by atoms with Crippen molar-refractivity contribution in [2.45, 2.75) is 113 Å². The summed E-state index contributed by atoms with van der Waals surface area (Å²) < 4.78 is 169. The number of hydrogen-bond donors (Lipinski definition) is 1. The first-order chi connectivity index (χ1) is 15.2. The van der Waals surface area contributed by atoms with Crippen molar-refractivity contribution in [3.05, 3.63) is 0 Å². The third-order valence-electron chi connectivity index (χ3n) is 5.13. The van der Waals surface area contributed by atoms with Crippen LogP contribution in [0.15, 0.2) is 0 Å². The predicted octanol–water partition coefficient (Wildman–Crippen LogP) is 8.49. The monoisotopic (exact) mass is 532 g/mol. The van der Waals surface area contributed by atoms with Gasteiger partial charge < -0.3 is 5.11 Å². The summed E-state index contributed by atoms with van der Waals surface area (Å²) in [6.45, 7) is 0. The zero-order chi connectivity index (χ0) is 27.1. The lowest BCUT2D eigenvalue weighted by Gasteiger charge is -2.39. The summed E-state index contributed by atoms with van der Waals surface area (Å²) >= 11 is 0. The Kier molecular flexibility index (Phi) is 11.5. The number of halogens is 13. The van der Waals surface area contributed by atoms with E-state index in [-0.39, 0.29) is 19.3 Å². The molecule has 15 heteroatoms. The second-order valence-electron chi connectivity index (χ2n) is 7.93. The fourth-order valence-electron chi connectivity index (χ4n) is 3.00. The van der Waals surface area contributed by atoms with E-state index in [0.717, 1.165) is 12.8 Å². The summed E-state index contributed by atoms with van der Waals surface area (Å²) in [5.41, 5.74) is 0. The van der Waals surface area contributed by atoms with Crippen LogP contribution >= 0.6 is 0 Å². The standard InChI is InChI=1S/C19H25F13O2/c20-14(21,12-10-8-6-4-2-1-3-5-7-9-11-13(33)34)15(22,23)16(24,25)17(26,27)18(28,29)19(30,31)32/h1-12H2,(H,33,34). The number of rotatable bonds is 17. The Hall–Kier alpha value is -1.44. The molecule has 34 heavy (non-hydrogen) atoms. The number of alkyl halides is 13. The van der Waals surface area contributed by atoms with Crippen LogP contribution in [0.4, 0.5) is 57.1 Å². The van der Waals surface area contributed by atoms with Crippen LogP contribution in [0.25, 0.3) is 0 Å². The van der Waals surface area contributed by atoms with Crippen LogP contribution in [0.5, 0.6) is 0 Å². The summed E-state index contributed by atoms with van der Waals surface area (Å²) in [6.07, 6.45) is -6.06. The van der Waals surface area contributed by atoms with Gasteiger partial charge in [-0.15, -0.1) is 0 Å². The molecule has 1 N–H and O–H groups in total. The van der Waals surface area contributed by atoms with E-state index in [2.05, 4.69) is 0 Å². The van der Waals surface area contributed by atoms with Gasteiger partial charge >= 0.3 is 41.8 Å². The minimum atomic E-state index is -7.85. The molecule has 0 aliphatic rings. The molecule has 0 aromatic carbocycles. The molecule has 0 rings (SSSR count). The number of unbranched alkanes of at least 4 members (excludes halogenated alkanes) is 9. The van der Waals surface area contributed by atoms with Crippen molar-refractivity contribution in [2.75, 3.05) is 0 Å². The minimum absolute atomic E-state index is 0.0397. The van der Waals surface area contributed by atoms with Crippen LogP contribution in [0.2, 0.25) is 0 Å². The third-order valence-corrected chi connectivity index (χ3v) is 5.13. The Labute approximate surface area is 186 Å². The maximum atomic E-state index is 13.6. The van der Waals surface area contributed by atoms with E-state index < -0.39 is 54.6 Å². The Balaban J connectivity index is 4.67. The Morgan fingerprint density at radius 1 is 0.471 bits per heavy atom. The Bertz CT molecular complexity index is 630. The molecule has 0 aliphatic heterocycles. The van der Waals surface area contributed by atoms with Crippen molar-refractivity contribution in [3.63, 3.8) is 0 Å². The summed E-state index contributed by atoms with van der Waals surface area (Å²) in [7, 11) is 0. The molecule has 0 aromatic heterocycles. The van der Waals surface area contributed by atoms with Gasteiger partial charge in [0, 0.05) is 12.8 Å². The quantitative estimate of drug-likeness (QED) is 0.151. The van der Waals surface area contributed by atoms with Crippen molar-refractivity contribution in [1.82, 2.24) is 0 Å². The number of hydrogen-bond acceptors (Lipinski definition) is 1. The molecule has 0 saturated carbocycles. The predicted molar refractivity (Wildman–Crippen MR) is 93.8 cm³/mol. The van der Waals surface area contributed by atoms with E-state index in [4.69, 9.17) is 5.11 Å². The van der Waals surface area contributed by atoms with E-state index in [1.165, 1.54) is 0 Å². The lowest BCUT2D eigenvalue weighted by Crippen LogP contribution is -2.70. The Morgan fingerprint density at radius 3 is 1.15 bits per heavy atom. The Morgan fingerprint density at radius 2 is 0.794 bits per heavy atom. The first kappa shape index (κ1) is 32.6. The molecule has 0 bridgehead atoms. The van der Waals surface area contributed by atoms with Crippen LogP contribution in [0.1, 0.15) is 77.0 Å². The highest BCUT2D eigenvalue weighted by molar-refractivity contribution is 5.66. The average molecular weight is 532 g/mol. The van der Waals surface area contributed by atoms with Crippen LogP contribution in [-0.2, 0) is 4.79 Å². The number of carboxylic acids is 1. The van der Waals surface area contributed by atoms with Crippen LogP contribution in [-0.4, -0.2) is 46.9 Å². The molecule has 0 heterocycles. The summed E-state index contributed by atoms with van der Waals surface area (Å²) in [4.78, 5) is 10.3. The molecule has 0 unspecified atom stereocenters. The molecule has 0 fully saturated rings. The van der Waals surface area contributed by atoms with Crippen LogP contribution < -0.4 is 0 Å². The second kappa shape index (κ2) is 12.0. The smallest absolute Gasteiger partial charge is 0.460 e. The molecule has 0 aliphatic carbocycles. The van der Waals surface area contributed by atoms with Gasteiger partial charge in [0.05, 0.1) is 0 Å². The largest absolute Gasteiger partial charge is 0.481 e. The van der Waals surface area contributed by atoms with Crippen molar-refractivity contribution in [2.24, 2.45) is 0 Å². The van der Waals surface area contributed by atoms with Crippen LogP contribution in [0, 0.1) is 0 Å². The molecule has 0 spiro atoms. The van der Waals surface area contributed by atoms with Gasteiger partial charge in [-0.25, -0.2) is 0 Å². The SMILES string of the molecule is O=C(O)CCCCCCCCCCCCC(F)(F)C(F)(F)C(F)(F)C(F)(F)C(F)(F)C(F)(F)F. The van der Waals surface area contributed by atoms with E-state index in [1.54, 1.807) is 0 Å². The molecule has 0 aromatic rings. The molecule has 0 saturated heterocycles. The highest BCUT2D eigenvalue weighted by Gasteiger charge is 2.90. The van der Waals surface area contributed by atoms with E-state index in [1.807, 2.05) is 0 Å². The molecule has 204 valence electrons. The maximum Gasteiger partial charge on any atom is 0.460 e. The summed E-state index contributed by atoms with van der Waals surface area (Å²) in [5, 5.41) is 8.46. The van der Waals surface area contributed by atoms with Gasteiger partial charge in [0.2, 0.25) is 0 Å². The molecule has 0 atom stereocenters.